The Labute approximate surface area is 113 Å². The van der Waals surface area contributed by atoms with Crippen molar-refractivity contribution in [3.8, 4) is 0 Å². The molecule has 1 heterocycles. The molecule has 1 atom stereocenters. The average molecular weight is 269 g/mol. The highest BCUT2D eigenvalue weighted by molar-refractivity contribution is 5.21. The Morgan fingerprint density at radius 3 is 2.79 bits per heavy atom. The second kappa shape index (κ2) is 5.97. The maximum absolute atomic E-state index is 13.7. The molecule has 0 amide bonds. The maximum Gasteiger partial charge on any atom is 0.162 e. The summed E-state index contributed by atoms with van der Waals surface area (Å²) in [5.41, 5.74) is -0.647. The molecule has 1 aliphatic rings. The van der Waals surface area contributed by atoms with Gasteiger partial charge in [-0.25, -0.2) is 8.78 Å². The monoisotopic (exact) mass is 269 g/mol. The predicted octanol–water partition coefficient (Wildman–Crippen LogP) is 2.74. The fraction of sp³-hybridized carbons (Fsp3) is 0.600. The van der Waals surface area contributed by atoms with Crippen LogP contribution in [0.5, 0.6) is 0 Å². The summed E-state index contributed by atoms with van der Waals surface area (Å²) in [6.07, 6.45) is 2.33. The van der Waals surface area contributed by atoms with Gasteiger partial charge in [-0.1, -0.05) is 19.1 Å². The van der Waals surface area contributed by atoms with Gasteiger partial charge in [0.2, 0.25) is 0 Å². The molecule has 0 saturated carbocycles. The van der Waals surface area contributed by atoms with Crippen LogP contribution in [0.3, 0.4) is 0 Å². The van der Waals surface area contributed by atoms with Gasteiger partial charge in [0.1, 0.15) is 0 Å². The lowest BCUT2D eigenvalue weighted by Gasteiger charge is -2.27. The molecule has 1 aromatic carbocycles. The third-order valence-corrected chi connectivity index (χ3v) is 4.01. The van der Waals surface area contributed by atoms with Gasteiger partial charge in [0.15, 0.2) is 11.6 Å². The molecule has 1 fully saturated rings. The molecule has 1 saturated heterocycles. The molecule has 0 bridgehead atoms. The van der Waals surface area contributed by atoms with E-state index in [-0.39, 0.29) is 12.0 Å². The van der Waals surface area contributed by atoms with Crippen molar-refractivity contribution in [1.29, 1.82) is 0 Å². The van der Waals surface area contributed by atoms with Crippen molar-refractivity contribution in [3.63, 3.8) is 0 Å². The third-order valence-electron chi connectivity index (χ3n) is 4.01. The lowest BCUT2D eigenvalue weighted by atomic mass is 9.87. The van der Waals surface area contributed by atoms with Gasteiger partial charge >= 0.3 is 0 Å². The number of hydrogen-bond acceptors (Lipinski definition) is 2. The van der Waals surface area contributed by atoms with E-state index < -0.39 is 17.2 Å². The van der Waals surface area contributed by atoms with E-state index in [4.69, 9.17) is 0 Å². The molecule has 1 aliphatic heterocycles. The van der Waals surface area contributed by atoms with Crippen molar-refractivity contribution in [2.75, 3.05) is 19.6 Å². The van der Waals surface area contributed by atoms with Crippen LogP contribution in [0.4, 0.5) is 8.78 Å². The van der Waals surface area contributed by atoms with Gasteiger partial charge in [-0.15, -0.1) is 0 Å². The van der Waals surface area contributed by atoms with Gasteiger partial charge in [-0.2, -0.15) is 0 Å². The fourth-order valence-electron chi connectivity index (χ4n) is 2.77. The summed E-state index contributed by atoms with van der Waals surface area (Å²) in [5, 5.41) is 10.6. The minimum absolute atomic E-state index is 0.189. The van der Waals surface area contributed by atoms with E-state index in [9.17, 15) is 13.9 Å². The molecule has 1 aromatic rings. The van der Waals surface area contributed by atoms with Crippen LogP contribution in [-0.4, -0.2) is 35.2 Å². The van der Waals surface area contributed by atoms with Crippen molar-refractivity contribution in [3.05, 3.63) is 35.4 Å². The van der Waals surface area contributed by atoms with Gasteiger partial charge in [0, 0.05) is 13.0 Å². The summed E-state index contributed by atoms with van der Waals surface area (Å²) in [6.45, 7) is 4.83. The Kier molecular flexibility index (Phi) is 4.53. The van der Waals surface area contributed by atoms with Crippen molar-refractivity contribution < 1.29 is 13.9 Å². The molecular formula is C15H21F2NO. The average Bonchev–Trinajstić information content (AvgIpc) is 2.57. The second-order valence-electron chi connectivity index (χ2n) is 5.40. The minimum Gasteiger partial charge on any atom is -0.389 e. The van der Waals surface area contributed by atoms with Crippen LogP contribution in [0.15, 0.2) is 18.2 Å². The number of hydrogen-bond donors (Lipinski definition) is 1. The molecule has 0 aliphatic carbocycles. The molecule has 1 N–H and O–H groups in total. The maximum atomic E-state index is 13.7. The Balaban J connectivity index is 2.10. The normalized spacial score (nSPS) is 25.3. The quantitative estimate of drug-likeness (QED) is 0.912. The zero-order valence-corrected chi connectivity index (χ0v) is 11.3. The molecule has 2 nitrogen and oxygen atoms in total. The summed E-state index contributed by atoms with van der Waals surface area (Å²) < 4.78 is 26.9. The van der Waals surface area contributed by atoms with E-state index in [1.165, 1.54) is 6.07 Å². The van der Waals surface area contributed by atoms with Crippen LogP contribution in [0.1, 0.15) is 31.7 Å². The van der Waals surface area contributed by atoms with Crippen molar-refractivity contribution in [2.45, 2.75) is 38.2 Å². The molecular weight excluding hydrogens is 248 g/mol. The first-order valence-electron chi connectivity index (χ1n) is 6.92. The molecule has 2 rings (SSSR count). The minimum atomic E-state index is -0.918. The summed E-state index contributed by atoms with van der Waals surface area (Å²) in [5.74, 6) is -1.67. The zero-order valence-electron chi connectivity index (χ0n) is 11.3. The number of rotatable bonds is 3. The fourth-order valence-corrected chi connectivity index (χ4v) is 2.77. The first-order valence-corrected chi connectivity index (χ1v) is 6.92. The zero-order chi connectivity index (χ0) is 13.9. The number of benzene rings is 1. The van der Waals surface area contributed by atoms with Crippen molar-refractivity contribution >= 4 is 0 Å². The largest absolute Gasteiger partial charge is 0.389 e. The van der Waals surface area contributed by atoms with Gasteiger partial charge < -0.3 is 10.0 Å². The van der Waals surface area contributed by atoms with Crippen LogP contribution < -0.4 is 0 Å². The SMILES string of the molecule is CCN1CCCC(O)(Cc2cccc(F)c2F)CC1. The van der Waals surface area contributed by atoms with E-state index in [0.717, 1.165) is 32.1 Å². The smallest absolute Gasteiger partial charge is 0.162 e. The van der Waals surface area contributed by atoms with E-state index >= 15 is 0 Å². The van der Waals surface area contributed by atoms with Crippen molar-refractivity contribution in [1.82, 2.24) is 4.90 Å². The summed E-state index contributed by atoms with van der Waals surface area (Å²) in [7, 11) is 0. The van der Waals surface area contributed by atoms with E-state index in [1.54, 1.807) is 6.07 Å². The highest BCUT2D eigenvalue weighted by atomic mass is 19.2. The number of likely N-dealkylation sites (tertiary alicyclic amines) is 1. The van der Waals surface area contributed by atoms with Gasteiger partial charge in [-0.3, -0.25) is 0 Å². The van der Waals surface area contributed by atoms with Gasteiger partial charge in [-0.05, 0) is 44.0 Å². The molecule has 0 aromatic heterocycles. The highest BCUT2D eigenvalue weighted by Crippen LogP contribution is 2.27. The summed E-state index contributed by atoms with van der Waals surface area (Å²) >= 11 is 0. The van der Waals surface area contributed by atoms with E-state index in [0.29, 0.717) is 12.8 Å². The second-order valence-corrected chi connectivity index (χ2v) is 5.40. The lowest BCUT2D eigenvalue weighted by molar-refractivity contribution is 0.0249. The first kappa shape index (κ1) is 14.4. The Morgan fingerprint density at radius 1 is 1.26 bits per heavy atom. The molecule has 106 valence electrons. The van der Waals surface area contributed by atoms with Crippen LogP contribution in [0.2, 0.25) is 0 Å². The molecule has 1 unspecified atom stereocenters. The first-order chi connectivity index (χ1) is 9.04. The number of nitrogens with zero attached hydrogens (tertiary/aromatic N) is 1. The summed E-state index contributed by atoms with van der Waals surface area (Å²) in [4.78, 5) is 2.28. The molecule has 19 heavy (non-hydrogen) atoms. The van der Waals surface area contributed by atoms with Crippen LogP contribution in [0.25, 0.3) is 0 Å². The molecule has 0 radical (unpaired) electrons. The van der Waals surface area contributed by atoms with E-state index in [1.807, 2.05) is 0 Å². The highest BCUT2D eigenvalue weighted by Gasteiger charge is 2.31. The van der Waals surface area contributed by atoms with Gasteiger partial charge in [0.25, 0.3) is 0 Å². The summed E-state index contributed by atoms with van der Waals surface area (Å²) in [6, 6.07) is 4.15. The number of halogens is 2. The number of aliphatic hydroxyl groups is 1. The van der Waals surface area contributed by atoms with Crippen LogP contribution in [-0.2, 0) is 6.42 Å². The Hall–Kier alpha value is -1.00. The topological polar surface area (TPSA) is 23.5 Å². The third kappa shape index (κ3) is 3.51. The molecule has 4 heteroatoms. The van der Waals surface area contributed by atoms with Crippen molar-refractivity contribution in [2.24, 2.45) is 0 Å². The van der Waals surface area contributed by atoms with E-state index in [2.05, 4.69) is 11.8 Å². The van der Waals surface area contributed by atoms with Crippen LogP contribution in [0, 0.1) is 11.6 Å². The Bertz CT molecular complexity index is 438. The Morgan fingerprint density at radius 2 is 2.05 bits per heavy atom. The standard InChI is InChI=1S/C15H21F2NO/c1-2-18-9-4-7-15(19,8-10-18)11-12-5-3-6-13(16)14(12)17/h3,5-6,19H,2,4,7-11H2,1H3. The lowest BCUT2D eigenvalue weighted by Crippen LogP contribution is -2.33. The van der Waals surface area contributed by atoms with Crippen LogP contribution >= 0.6 is 0 Å². The van der Waals surface area contributed by atoms with Gasteiger partial charge in [0.05, 0.1) is 5.60 Å². The molecule has 0 spiro atoms. The predicted molar refractivity (Wildman–Crippen MR) is 71.0 cm³/mol.